The first kappa shape index (κ1) is 32.7. The first-order chi connectivity index (χ1) is 21.7. The van der Waals surface area contributed by atoms with Crippen molar-refractivity contribution in [3.8, 4) is 11.5 Å². The van der Waals surface area contributed by atoms with Crippen LogP contribution in [0.4, 0.5) is 11.4 Å². The maximum Gasteiger partial charge on any atom is 0.253 e. The number of ether oxygens (including phenoxy) is 3. The Morgan fingerprint density at radius 1 is 1.07 bits per heavy atom. The summed E-state index contributed by atoms with van der Waals surface area (Å²) in [4.78, 5) is 47.9. The Bertz CT molecular complexity index is 1430. The molecule has 1 spiro atoms. The quantitative estimate of drug-likeness (QED) is 0.252. The summed E-state index contributed by atoms with van der Waals surface area (Å²) in [5.41, 5.74) is -0.0733. The van der Waals surface area contributed by atoms with Gasteiger partial charge >= 0.3 is 0 Å². The number of amides is 3. The Morgan fingerprint density at radius 3 is 2.13 bits per heavy atom. The number of alkyl halides is 1. The van der Waals surface area contributed by atoms with Crippen LogP contribution in [0.5, 0.6) is 11.5 Å². The van der Waals surface area contributed by atoms with Gasteiger partial charge in [0, 0.05) is 29.3 Å². The monoisotopic (exact) mass is 681 g/mol. The third kappa shape index (κ3) is 5.55. The van der Waals surface area contributed by atoms with E-state index in [1.807, 2.05) is 6.92 Å². The zero-order chi connectivity index (χ0) is 32.5. The Morgan fingerprint density at radius 2 is 1.62 bits per heavy atom. The predicted octanol–water partition coefficient (Wildman–Crippen LogP) is 3.96. The van der Waals surface area contributed by atoms with E-state index in [1.165, 1.54) is 4.90 Å². The van der Waals surface area contributed by atoms with E-state index >= 15 is 0 Å². The largest absolute Gasteiger partial charge is 0.497 e. The van der Waals surface area contributed by atoms with Crippen LogP contribution in [0.15, 0.2) is 73.8 Å². The number of hydrogen-bond donors (Lipinski definition) is 1. The number of benzene rings is 2. The van der Waals surface area contributed by atoms with Crippen LogP contribution in [0, 0.1) is 11.8 Å². The molecule has 2 aromatic carbocycles. The highest BCUT2D eigenvalue weighted by atomic mass is 79.9. The lowest BCUT2D eigenvalue weighted by atomic mass is 9.70. The molecule has 3 aliphatic rings. The van der Waals surface area contributed by atoms with Crippen LogP contribution in [0.25, 0.3) is 0 Å². The molecule has 3 fully saturated rings. The molecule has 3 unspecified atom stereocenters. The smallest absolute Gasteiger partial charge is 0.253 e. The summed E-state index contributed by atoms with van der Waals surface area (Å²) in [6, 6.07) is 12.4. The molecule has 10 nitrogen and oxygen atoms in total. The van der Waals surface area contributed by atoms with Crippen molar-refractivity contribution in [3.63, 3.8) is 0 Å². The zero-order valence-electron chi connectivity index (χ0n) is 25.8. The van der Waals surface area contributed by atoms with Crippen molar-refractivity contribution in [1.29, 1.82) is 0 Å². The second-order valence-corrected chi connectivity index (χ2v) is 12.7. The van der Waals surface area contributed by atoms with Gasteiger partial charge in [-0.3, -0.25) is 14.4 Å². The number of methoxy groups -OCH3 is 1. The van der Waals surface area contributed by atoms with Gasteiger partial charge in [-0.1, -0.05) is 28.1 Å². The minimum absolute atomic E-state index is 0.173. The van der Waals surface area contributed by atoms with E-state index in [9.17, 15) is 19.5 Å². The molecule has 1 N–H and O–H groups in total. The molecule has 3 heterocycles. The van der Waals surface area contributed by atoms with Crippen molar-refractivity contribution >= 4 is 45.0 Å². The molecule has 7 atom stereocenters. The maximum absolute atomic E-state index is 14.7. The lowest BCUT2D eigenvalue weighted by molar-refractivity contribution is -0.143. The van der Waals surface area contributed by atoms with Crippen molar-refractivity contribution in [3.05, 3.63) is 73.8 Å². The van der Waals surface area contributed by atoms with Gasteiger partial charge in [-0.2, -0.15) is 0 Å². The lowest BCUT2D eigenvalue weighted by Crippen LogP contribution is -2.59. The minimum Gasteiger partial charge on any atom is -0.497 e. The molecular formula is C34H40BrN3O7. The van der Waals surface area contributed by atoms with Crippen LogP contribution in [0.3, 0.4) is 0 Å². The number of rotatable bonds is 13. The number of likely N-dealkylation sites (tertiary alicyclic amines) is 1. The van der Waals surface area contributed by atoms with E-state index in [0.29, 0.717) is 35.9 Å². The van der Waals surface area contributed by atoms with Gasteiger partial charge in [0.2, 0.25) is 11.8 Å². The van der Waals surface area contributed by atoms with Gasteiger partial charge in [0.15, 0.2) is 0 Å². The number of fused-ring (bicyclic) bond motifs is 1. The van der Waals surface area contributed by atoms with Crippen LogP contribution in [0.2, 0.25) is 0 Å². The first-order valence-electron chi connectivity index (χ1n) is 15.1. The summed E-state index contributed by atoms with van der Waals surface area (Å²) < 4.78 is 17.6. The Kier molecular flexibility index (Phi) is 9.71. The summed E-state index contributed by atoms with van der Waals surface area (Å²) >= 11 is 3.74. The Labute approximate surface area is 272 Å². The fourth-order valence-electron chi connectivity index (χ4n) is 7.07. The average Bonchev–Trinajstić information content (AvgIpc) is 3.65. The summed E-state index contributed by atoms with van der Waals surface area (Å²) in [5.74, 6) is -1.54. The molecule has 0 saturated carbocycles. The molecule has 0 aliphatic carbocycles. The van der Waals surface area contributed by atoms with E-state index in [4.69, 9.17) is 14.2 Å². The number of anilines is 2. The summed E-state index contributed by atoms with van der Waals surface area (Å²) in [7, 11) is 1.56. The number of halogens is 1. The second kappa shape index (κ2) is 13.4. The highest BCUT2D eigenvalue weighted by Crippen LogP contribution is 2.61. The molecule has 240 valence electrons. The molecule has 5 rings (SSSR count). The van der Waals surface area contributed by atoms with Crippen molar-refractivity contribution in [2.24, 2.45) is 11.8 Å². The van der Waals surface area contributed by atoms with E-state index in [0.717, 1.165) is 0 Å². The molecule has 3 saturated heterocycles. The molecule has 0 radical (unpaired) electrons. The van der Waals surface area contributed by atoms with Crippen molar-refractivity contribution < 1.29 is 33.7 Å². The van der Waals surface area contributed by atoms with Crippen LogP contribution in [-0.2, 0) is 19.1 Å². The lowest BCUT2D eigenvalue weighted by Gasteiger charge is -2.38. The maximum atomic E-state index is 14.7. The average molecular weight is 683 g/mol. The normalized spacial score (nSPS) is 27.1. The minimum atomic E-state index is -1.29. The number of aliphatic hydroxyl groups excluding tert-OH is 1. The molecule has 3 aliphatic heterocycles. The summed E-state index contributed by atoms with van der Waals surface area (Å²) in [6.45, 7) is 11.8. The molecule has 2 bridgehead atoms. The van der Waals surface area contributed by atoms with E-state index < -0.39 is 35.6 Å². The standard InChI is InChI=1S/C34H40BrN3O7/c1-6-17-36(22-11-15-25(16-12-22)44-8-3)31(40)27-28-32(41)38(21(4)20-39)30(34(28)19-26(35)29(27)45-34)33(42)37(18-7-2)23-9-13-24(43-5)14-10-23/h6-7,9-16,21,26-30,39H,1-2,8,17-20H2,3-5H3/t21-,26?,27+,28+,29+,30?,34?/m1/s1. The fourth-order valence-corrected chi connectivity index (χ4v) is 8.02. The van der Waals surface area contributed by atoms with Gasteiger partial charge < -0.3 is 34.0 Å². The molecular weight excluding hydrogens is 642 g/mol. The third-order valence-electron chi connectivity index (χ3n) is 8.98. The van der Waals surface area contributed by atoms with Gasteiger partial charge in [0.1, 0.15) is 23.1 Å². The molecule has 45 heavy (non-hydrogen) atoms. The second-order valence-electron chi connectivity index (χ2n) is 11.5. The number of aliphatic hydroxyl groups is 1. The van der Waals surface area contributed by atoms with Crippen molar-refractivity contribution in [2.45, 2.75) is 48.9 Å². The van der Waals surface area contributed by atoms with Crippen LogP contribution >= 0.6 is 15.9 Å². The number of carbonyl (C=O) groups excluding carboxylic acids is 3. The van der Waals surface area contributed by atoms with E-state index in [1.54, 1.807) is 84.5 Å². The van der Waals surface area contributed by atoms with Gasteiger partial charge in [-0.25, -0.2) is 0 Å². The van der Waals surface area contributed by atoms with Gasteiger partial charge in [0.25, 0.3) is 5.91 Å². The molecule has 2 aromatic rings. The van der Waals surface area contributed by atoms with Crippen LogP contribution in [-0.4, -0.2) is 89.8 Å². The van der Waals surface area contributed by atoms with Crippen LogP contribution in [0.1, 0.15) is 20.3 Å². The van der Waals surface area contributed by atoms with E-state index in [-0.39, 0.29) is 42.2 Å². The van der Waals surface area contributed by atoms with E-state index in [2.05, 4.69) is 29.1 Å². The zero-order valence-corrected chi connectivity index (χ0v) is 27.4. The SMILES string of the molecule is C=CCN(C(=O)C1N([C@H](C)CO)C(=O)[C@@H]2[C@H](C(=O)N(CC=C)c3ccc(OCC)cc3)[C@H]3OC12CC3Br)c1ccc(OC)cc1. The van der Waals surface area contributed by atoms with Crippen molar-refractivity contribution in [1.82, 2.24) is 4.90 Å². The highest BCUT2D eigenvalue weighted by molar-refractivity contribution is 9.09. The molecule has 3 amide bonds. The van der Waals surface area contributed by atoms with Gasteiger partial charge in [-0.05, 0) is 68.8 Å². The van der Waals surface area contributed by atoms with Gasteiger partial charge in [-0.15, -0.1) is 13.2 Å². The van der Waals surface area contributed by atoms with Crippen LogP contribution < -0.4 is 19.3 Å². The summed E-state index contributed by atoms with van der Waals surface area (Å²) in [5, 5.41) is 10.3. The topological polar surface area (TPSA) is 109 Å². The molecule has 11 heteroatoms. The fraction of sp³-hybridized carbons (Fsp3) is 0.441. The predicted molar refractivity (Wildman–Crippen MR) is 175 cm³/mol. The first-order valence-corrected chi connectivity index (χ1v) is 16.0. The van der Waals surface area contributed by atoms with Gasteiger partial charge in [0.05, 0.1) is 44.3 Å². The number of hydrogen-bond acceptors (Lipinski definition) is 7. The van der Waals surface area contributed by atoms with Crippen molar-refractivity contribution in [2.75, 3.05) is 43.2 Å². The highest BCUT2D eigenvalue weighted by Gasteiger charge is 2.77. The molecule has 0 aromatic heterocycles. The summed E-state index contributed by atoms with van der Waals surface area (Å²) in [6.07, 6.45) is 2.95. The third-order valence-corrected chi connectivity index (χ3v) is 9.83. The number of carbonyl (C=O) groups is 3. The Balaban J connectivity index is 1.56. The Hall–Kier alpha value is -3.67. The number of nitrogens with zero attached hydrogens (tertiary/aromatic N) is 3.